The minimum Gasteiger partial charge on any atom is -0.508 e. The lowest BCUT2D eigenvalue weighted by atomic mass is 9.73. The maximum atomic E-state index is 10.8. The van der Waals surface area contributed by atoms with Crippen LogP contribution in [-0.4, -0.2) is 21.9 Å². The van der Waals surface area contributed by atoms with Crippen molar-refractivity contribution in [3.05, 3.63) is 23.3 Å². The number of hydrogen-bond acceptors (Lipinski definition) is 3. The van der Waals surface area contributed by atoms with Crippen molar-refractivity contribution in [3.63, 3.8) is 0 Å². The van der Waals surface area contributed by atoms with Crippen LogP contribution in [0.2, 0.25) is 0 Å². The van der Waals surface area contributed by atoms with E-state index in [0.717, 1.165) is 68.2 Å². The smallest absolute Gasteiger partial charge is 0.123 e. The van der Waals surface area contributed by atoms with Crippen LogP contribution in [0.4, 0.5) is 0 Å². The van der Waals surface area contributed by atoms with Crippen LogP contribution in [0.5, 0.6) is 11.5 Å². The molecule has 1 aromatic rings. The number of aromatic hydroxyl groups is 1. The fourth-order valence-electron chi connectivity index (χ4n) is 4.09. The molecule has 0 saturated heterocycles. The molecule has 1 aliphatic heterocycles. The molecule has 0 aromatic heterocycles. The molecule has 3 nitrogen and oxygen atoms in total. The molecule has 122 valence electrons. The molecule has 0 bridgehead atoms. The molecule has 2 aliphatic rings. The van der Waals surface area contributed by atoms with E-state index in [1.165, 1.54) is 0 Å². The summed E-state index contributed by atoms with van der Waals surface area (Å²) in [6.45, 7) is 4.27. The molecule has 3 rings (SSSR count). The van der Waals surface area contributed by atoms with Crippen LogP contribution in [-0.2, 0) is 6.42 Å². The van der Waals surface area contributed by atoms with Gasteiger partial charge < -0.3 is 14.9 Å². The lowest BCUT2D eigenvalue weighted by molar-refractivity contribution is -0.0451. The molecule has 1 aromatic carbocycles. The van der Waals surface area contributed by atoms with E-state index in [9.17, 15) is 10.2 Å². The first-order chi connectivity index (χ1) is 10.6. The Kier molecular flexibility index (Phi) is 4.35. The number of ether oxygens (including phenoxy) is 1. The molecule has 1 aliphatic carbocycles. The van der Waals surface area contributed by atoms with E-state index in [4.69, 9.17) is 4.74 Å². The average molecular weight is 304 g/mol. The first kappa shape index (κ1) is 15.7. The van der Waals surface area contributed by atoms with Crippen molar-refractivity contribution in [2.75, 3.05) is 0 Å². The van der Waals surface area contributed by atoms with Gasteiger partial charge in [-0.3, -0.25) is 0 Å². The maximum Gasteiger partial charge on any atom is 0.123 e. The van der Waals surface area contributed by atoms with Gasteiger partial charge in [0.1, 0.15) is 17.6 Å². The summed E-state index contributed by atoms with van der Waals surface area (Å²) in [6.07, 6.45) is 7.53. The first-order valence-corrected chi connectivity index (χ1v) is 8.81. The third-order valence-electron chi connectivity index (χ3n) is 5.35. The van der Waals surface area contributed by atoms with E-state index >= 15 is 0 Å². The number of phenols is 1. The van der Waals surface area contributed by atoms with E-state index in [1.54, 1.807) is 0 Å². The zero-order chi connectivity index (χ0) is 15.7. The zero-order valence-corrected chi connectivity index (χ0v) is 13.8. The van der Waals surface area contributed by atoms with Gasteiger partial charge >= 0.3 is 0 Å². The molecule has 1 heterocycles. The van der Waals surface area contributed by atoms with Gasteiger partial charge in [0.15, 0.2) is 0 Å². The minimum atomic E-state index is -0.562. The third kappa shape index (κ3) is 2.83. The Morgan fingerprint density at radius 2 is 2.09 bits per heavy atom. The van der Waals surface area contributed by atoms with Crippen molar-refractivity contribution < 1.29 is 14.9 Å². The molecule has 3 atom stereocenters. The van der Waals surface area contributed by atoms with E-state index < -0.39 is 5.60 Å². The van der Waals surface area contributed by atoms with Crippen LogP contribution in [0, 0.1) is 0 Å². The van der Waals surface area contributed by atoms with Gasteiger partial charge in [-0.05, 0) is 43.4 Å². The van der Waals surface area contributed by atoms with Crippen LogP contribution in [0.1, 0.15) is 75.8 Å². The molecule has 1 saturated carbocycles. The van der Waals surface area contributed by atoms with Crippen molar-refractivity contribution in [3.8, 4) is 11.5 Å². The van der Waals surface area contributed by atoms with Gasteiger partial charge in [0, 0.05) is 17.9 Å². The summed E-state index contributed by atoms with van der Waals surface area (Å²) in [4.78, 5) is 0. The summed E-state index contributed by atoms with van der Waals surface area (Å²) >= 11 is 0. The Labute approximate surface area is 133 Å². The normalized spacial score (nSPS) is 29.8. The second-order valence-corrected chi connectivity index (χ2v) is 7.10. The van der Waals surface area contributed by atoms with Crippen molar-refractivity contribution in [1.29, 1.82) is 0 Å². The van der Waals surface area contributed by atoms with Crippen molar-refractivity contribution in [2.45, 2.75) is 82.8 Å². The fourth-order valence-corrected chi connectivity index (χ4v) is 4.09. The lowest BCUT2D eigenvalue weighted by Crippen LogP contribution is -2.41. The predicted molar refractivity (Wildman–Crippen MR) is 87.6 cm³/mol. The minimum absolute atomic E-state index is 0.0712. The summed E-state index contributed by atoms with van der Waals surface area (Å²) in [6, 6.07) is 3.92. The molecule has 0 spiro atoms. The second kappa shape index (κ2) is 6.11. The van der Waals surface area contributed by atoms with Gasteiger partial charge in [-0.15, -0.1) is 0 Å². The highest BCUT2D eigenvalue weighted by atomic mass is 16.5. The number of unbranched alkanes of at least 4 members (excludes halogenated alkanes) is 1. The predicted octanol–water partition coefficient (Wildman–Crippen LogP) is 4.29. The van der Waals surface area contributed by atoms with Crippen LogP contribution in [0.3, 0.4) is 0 Å². The van der Waals surface area contributed by atoms with Crippen molar-refractivity contribution in [2.24, 2.45) is 0 Å². The molecule has 3 heteroatoms. The lowest BCUT2D eigenvalue weighted by Gasteiger charge is -2.38. The number of aryl methyl sites for hydroxylation is 1. The van der Waals surface area contributed by atoms with Crippen LogP contribution >= 0.6 is 0 Å². The van der Waals surface area contributed by atoms with E-state index in [0.29, 0.717) is 11.7 Å². The number of hydrogen-bond donors (Lipinski definition) is 2. The van der Waals surface area contributed by atoms with E-state index in [2.05, 4.69) is 13.8 Å². The second-order valence-electron chi connectivity index (χ2n) is 7.10. The molecule has 22 heavy (non-hydrogen) atoms. The summed E-state index contributed by atoms with van der Waals surface area (Å²) < 4.78 is 6.16. The number of benzene rings is 1. The monoisotopic (exact) mass is 304 g/mol. The summed E-state index contributed by atoms with van der Waals surface area (Å²) in [5.41, 5.74) is 1.55. The highest BCUT2D eigenvalue weighted by Crippen LogP contribution is 2.50. The topological polar surface area (TPSA) is 49.7 Å². The Morgan fingerprint density at radius 1 is 1.27 bits per heavy atom. The van der Waals surface area contributed by atoms with Gasteiger partial charge in [0.05, 0.1) is 5.60 Å². The molecule has 0 radical (unpaired) electrons. The van der Waals surface area contributed by atoms with Crippen LogP contribution < -0.4 is 4.74 Å². The molecule has 0 unspecified atom stereocenters. The molecule has 0 amide bonds. The third-order valence-corrected chi connectivity index (χ3v) is 5.35. The van der Waals surface area contributed by atoms with Gasteiger partial charge in [-0.2, -0.15) is 0 Å². The molecule has 1 fully saturated rings. The summed E-state index contributed by atoms with van der Waals surface area (Å²) in [5, 5.41) is 21.0. The standard InChI is InChI=1S/C19H28O3/c1-3-5-8-19(21)9-7-14-15-11-16(20)13(6-4-2)10-17(15)22-18(14)12-19/h10-11,14,18,20-21H,3-9,12H2,1-2H3/t14-,18-,19-/m0/s1. The highest BCUT2D eigenvalue weighted by Gasteiger charge is 2.45. The molecule has 2 N–H and O–H groups in total. The van der Waals surface area contributed by atoms with Gasteiger partial charge in [0.2, 0.25) is 0 Å². The highest BCUT2D eigenvalue weighted by molar-refractivity contribution is 5.50. The van der Waals surface area contributed by atoms with Gasteiger partial charge in [0.25, 0.3) is 0 Å². The van der Waals surface area contributed by atoms with Gasteiger partial charge in [-0.1, -0.05) is 33.1 Å². The zero-order valence-electron chi connectivity index (χ0n) is 13.8. The van der Waals surface area contributed by atoms with E-state index in [1.807, 2.05) is 12.1 Å². The van der Waals surface area contributed by atoms with Crippen molar-refractivity contribution in [1.82, 2.24) is 0 Å². The molecular formula is C19H28O3. The maximum absolute atomic E-state index is 10.8. The number of phenolic OH excluding ortho intramolecular Hbond substituents is 1. The number of aliphatic hydroxyl groups is 1. The Morgan fingerprint density at radius 3 is 2.82 bits per heavy atom. The average Bonchev–Trinajstić information content (AvgIpc) is 2.82. The molecular weight excluding hydrogens is 276 g/mol. The summed E-state index contributed by atoms with van der Waals surface area (Å²) in [5.74, 6) is 1.66. The Bertz CT molecular complexity index is 540. The summed E-state index contributed by atoms with van der Waals surface area (Å²) in [7, 11) is 0. The Hall–Kier alpha value is -1.22. The van der Waals surface area contributed by atoms with Crippen molar-refractivity contribution >= 4 is 0 Å². The fraction of sp³-hybridized carbons (Fsp3) is 0.684. The van der Waals surface area contributed by atoms with Crippen LogP contribution in [0.25, 0.3) is 0 Å². The SMILES string of the molecule is CCCC[C@]1(O)CC[C@H]2c3cc(O)c(CCC)cc3O[C@H]2C1. The largest absolute Gasteiger partial charge is 0.508 e. The van der Waals surface area contributed by atoms with Gasteiger partial charge in [-0.25, -0.2) is 0 Å². The Balaban J connectivity index is 1.78. The first-order valence-electron chi connectivity index (χ1n) is 8.81. The van der Waals surface area contributed by atoms with E-state index in [-0.39, 0.29) is 6.10 Å². The quantitative estimate of drug-likeness (QED) is 0.853. The number of fused-ring (bicyclic) bond motifs is 3. The van der Waals surface area contributed by atoms with Crippen LogP contribution in [0.15, 0.2) is 12.1 Å². The number of rotatable bonds is 5.